The first-order valence-corrected chi connectivity index (χ1v) is 7.45. The third-order valence-corrected chi connectivity index (χ3v) is 3.61. The summed E-state index contributed by atoms with van der Waals surface area (Å²) in [5.74, 6) is -0.595. The Morgan fingerprint density at radius 2 is 2.21 bits per heavy atom. The molecule has 1 N–H and O–H groups in total. The van der Waals surface area contributed by atoms with Crippen molar-refractivity contribution in [2.45, 2.75) is 38.5 Å². The van der Waals surface area contributed by atoms with Crippen LogP contribution in [-0.4, -0.2) is 47.1 Å². The van der Waals surface area contributed by atoms with Gasteiger partial charge in [0.15, 0.2) is 6.61 Å². The van der Waals surface area contributed by atoms with Crippen LogP contribution in [0.4, 0.5) is 13.2 Å². The van der Waals surface area contributed by atoms with Gasteiger partial charge in [-0.3, -0.25) is 9.59 Å². The lowest BCUT2D eigenvalue weighted by molar-refractivity contribution is -0.154. The number of carbonyl (C=O) groups excluding carboxylic acids is 2. The quantitative estimate of drug-likeness (QED) is 0.881. The van der Waals surface area contributed by atoms with E-state index in [-0.39, 0.29) is 24.2 Å². The van der Waals surface area contributed by atoms with E-state index in [0.29, 0.717) is 18.5 Å². The summed E-state index contributed by atoms with van der Waals surface area (Å²) in [7, 11) is 0. The van der Waals surface area contributed by atoms with E-state index in [9.17, 15) is 22.8 Å². The Hall–Kier alpha value is -2.32. The summed E-state index contributed by atoms with van der Waals surface area (Å²) in [4.78, 5) is 28.8. The standard InChI is InChI=1S/C15H18F3N3O3/c1-10(22)21-6-2-3-12(21)14(23)20-8-11-4-5-19-13(7-11)24-9-15(16,17)18/h4-5,7,12H,2-3,6,8-9H2,1H3,(H,20,23)/t12-/m1/s1. The van der Waals surface area contributed by atoms with Gasteiger partial charge in [0, 0.05) is 32.3 Å². The predicted octanol–water partition coefficient (Wildman–Crippen LogP) is 1.65. The SMILES string of the molecule is CC(=O)N1CCC[C@@H]1C(=O)NCc1ccnc(OCC(F)(F)F)c1. The molecule has 9 heteroatoms. The Labute approximate surface area is 137 Å². The maximum absolute atomic E-state index is 12.2. The van der Waals surface area contributed by atoms with Crippen LogP contribution in [0, 0.1) is 0 Å². The Morgan fingerprint density at radius 1 is 1.46 bits per heavy atom. The first-order chi connectivity index (χ1) is 11.3. The van der Waals surface area contributed by atoms with Crippen molar-refractivity contribution >= 4 is 11.8 Å². The van der Waals surface area contributed by atoms with Crippen LogP contribution in [0.3, 0.4) is 0 Å². The fourth-order valence-electron chi connectivity index (χ4n) is 2.52. The lowest BCUT2D eigenvalue weighted by Gasteiger charge is -2.22. The molecule has 132 valence electrons. The largest absolute Gasteiger partial charge is 0.468 e. The number of likely N-dealkylation sites (tertiary alicyclic amines) is 1. The fourth-order valence-corrected chi connectivity index (χ4v) is 2.52. The van der Waals surface area contributed by atoms with Crippen molar-refractivity contribution in [2.75, 3.05) is 13.2 Å². The van der Waals surface area contributed by atoms with Crippen LogP contribution in [0.2, 0.25) is 0 Å². The number of aromatic nitrogens is 1. The van der Waals surface area contributed by atoms with Crippen LogP contribution in [-0.2, 0) is 16.1 Å². The number of nitrogens with zero attached hydrogens (tertiary/aromatic N) is 2. The molecule has 2 heterocycles. The molecule has 6 nitrogen and oxygen atoms in total. The van der Waals surface area contributed by atoms with Crippen LogP contribution in [0.5, 0.6) is 5.88 Å². The monoisotopic (exact) mass is 345 g/mol. The second-order valence-corrected chi connectivity index (χ2v) is 5.49. The molecule has 24 heavy (non-hydrogen) atoms. The van der Waals surface area contributed by atoms with Crippen molar-refractivity contribution < 1.29 is 27.5 Å². The third kappa shape index (κ3) is 5.10. The van der Waals surface area contributed by atoms with E-state index in [1.807, 2.05) is 0 Å². The number of rotatable bonds is 5. The highest BCUT2D eigenvalue weighted by Crippen LogP contribution is 2.19. The van der Waals surface area contributed by atoms with Crippen molar-refractivity contribution in [3.05, 3.63) is 23.9 Å². The Bertz CT molecular complexity index is 607. The molecule has 1 saturated heterocycles. The van der Waals surface area contributed by atoms with Crippen molar-refractivity contribution in [1.82, 2.24) is 15.2 Å². The molecule has 1 fully saturated rings. The minimum absolute atomic E-state index is 0.117. The van der Waals surface area contributed by atoms with Gasteiger partial charge in [-0.2, -0.15) is 13.2 Å². The first-order valence-electron chi connectivity index (χ1n) is 7.45. The third-order valence-electron chi connectivity index (χ3n) is 3.61. The fraction of sp³-hybridized carbons (Fsp3) is 0.533. The summed E-state index contributed by atoms with van der Waals surface area (Å²) in [5.41, 5.74) is 0.558. The van der Waals surface area contributed by atoms with Crippen LogP contribution >= 0.6 is 0 Å². The maximum atomic E-state index is 12.2. The van der Waals surface area contributed by atoms with Gasteiger partial charge < -0.3 is 15.0 Å². The molecule has 0 radical (unpaired) electrons. The summed E-state index contributed by atoms with van der Waals surface area (Å²) in [6, 6.07) is 2.41. The Kier molecular flexibility index (Phi) is 5.63. The van der Waals surface area contributed by atoms with E-state index < -0.39 is 18.8 Å². The van der Waals surface area contributed by atoms with Gasteiger partial charge in [0.05, 0.1) is 0 Å². The van der Waals surface area contributed by atoms with Crippen LogP contribution < -0.4 is 10.1 Å². The smallest absolute Gasteiger partial charge is 0.422 e. The Morgan fingerprint density at radius 3 is 2.88 bits per heavy atom. The van der Waals surface area contributed by atoms with Crippen molar-refractivity contribution in [3.8, 4) is 5.88 Å². The van der Waals surface area contributed by atoms with Gasteiger partial charge in [0.2, 0.25) is 17.7 Å². The minimum Gasteiger partial charge on any atom is -0.468 e. The van der Waals surface area contributed by atoms with Crippen molar-refractivity contribution in [3.63, 3.8) is 0 Å². The summed E-state index contributed by atoms with van der Waals surface area (Å²) in [5, 5.41) is 2.69. The van der Waals surface area contributed by atoms with Gasteiger partial charge in [-0.25, -0.2) is 4.98 Å². The number of halogens is 3. The van der Waals surface area contributed by atoms with Crippen molar-refractivity contribution in [1.29, 1.82) is 0 Å². The molecule has 1 aromatic rings. The molecule has 0 aromatic carbocycles. The summed E-state index contributed by atoms with van der Waals surface area (Å²) >= 11 is 0. The maximum Gasteiger partial charge on any atom is 0.422 e. The van der Waals surface area contributed by atoms with E-state index >= 15 is 0 Å². The number of carbonyl (C=O) groups is 2. The topological polar surface area (TPSA) is 71.5 Å². The molecule has 1 aromatic heterocycles. The molecule has 2 amide bonds. The highest BCUT2D eigenvalue weighted by Gasteiger charge is 2.32. The molecule has 0 aliphatic carbocycles. The number of alkyl halides is 3. The number of nitrogens with one attached hydrogen (secondary N) is 1. The molecule has 0 spiro atoms. The Balaban J connectivity index is 1.90. The number of amides is 2. The number of pyridine rings is 1. The zero-order valence-electron chi connectivity index (χ0n) is 13.1. The molecule has 0 bridgehead atoms. The van der Waals surface area contributed by atoms with Crippen molar-refractivity contribution in [2.24, 2.45) is 0 Å². The molecular weight excluding hydrogens is 327 g/mol. The van der Waals surface area contributed by atoms with Crippen LogP contribution in [0.15, 0.2) is 18.3 Å². The lowest BCUT2D eigenvalue weighted by Crippen LogP contribution is -2.44. The second-order valence-electron chi connectivity index (χ2n) is 5.49. The van der Waals surface area contributed by atoms with Crippen LogP contribution in [0.1, 0.15) is 25.3 Å². The molecule has 0 unspecified atom stereocenters. The molecular formula is C15H18F3N3O3. The van der Waals surface area contributed by atoms with Gasteiger partial charge in [-0.15, -0.1) is 0 Å². The zero-order chi connectivity index (χ0) is 17.7. The number of ether oxygens (including phenoxy) is 1. The summed E-state index contributed by atoms with van der Waals surface area (Å²) in [6.45, 7) is 0.661. The van der Waals surface area contributed by atoms with Crippen LogP contribution in [0.25, 0.3) is 0 Å². The van der Waals surface area contributed by atoms with Gasteiger partial charge in [-0.05, 0) is 24.5 Å². The van der Waals surface area contributed by atoms with E-state index in [4.69, 9.17) is 0 Å². The van der Waals surface area contributed by atoms with E-state index in [2.05, 4.69) is 15.0 Å². The summed E-state index contributed by atoms with van der Waals surface area (Å²) < 4.78 is 40.9. The number of hydrogen-bond acceptors (Lipinski definition) is 4. The zero-order valence-corrected chi connectivity index (χ0v) is 13.1. The molecule has 1 aliphatic rings. The summed E-state index contributed by atoms with van der Waals surface area (Å²) in [6.07, 6.45) is -1.76. The minimum atomic E-state index is -4.44. The molecule has 2 rings (SSSR count). The van der Waals surface area contributed by atoms with Gasteiger partial charge >= 0.3 is 6.18 Å². The van der Waals surface area contributed by atoms with E-state index in [1.165, 1.54) is 24.1 Å². The first kappa shape index (κ1) is 18.0. The van der Waals surface area contributed by atoms with Gasteiger partial charge in [0.25, 0.3) is 0 Å². The second kappa shape index (κ2) is 7.50. The number of hydrogen-bond donors (Lipinski definition) is 1. The van der Waals surface area contributed by atoms with Gasteiger partial charge in [0.1, 0.15) is 6.04 Å². The van der Waals surface area contributed by atoms with Gasteiger partial charge in [-0.1, -0.05) is 0 Å². The average Bonchev–Trinajstić information content (AvgIpc) is 3.00. The lowest BCUT2D eigenvalue weighted by atomic mass is 10.2. The van der Waals surface area contributed by atoms with E-state index in [1.54, 1.807) is 6.07 Å². The normalized spacial score (nSPS) is 17.7. The molecule has 1 atom stereocenters. The predicted molar refractivity (Wildman–Crippen MR) is 78.0 cm³/mol. The average molecular weight is 345 g/mol. The molecule has 0 saturated carbocycles. The molecule has 1 aliphatic heterocycles. The highest BCUT2D eigenvalue weighted by atomic mass is 19.4. The van der Waals surface area contributed by atoms with E-state index in [0.717, 1.165) is 6.42 Å². The highest BCUT2D eigenvalue weighted by molar-refractivity contribution is 5.87.